The molecule has 2 nitrogen and oxygen atoms in total. The van der Waals surface area contributed by atoms with Crippen LogP contribution >= 0.6 is 0 Å². The highest BCUT2D eigenvalue weighted by atomic mass is 28.4. The van der Waals surface area contributed by atoms with Crippen LogP contribution in [0.1, 0.15) is 26.3 Å². The highest BCUT2D eigenvalue weighted by molar-refractivity contribution is 6.99. The van der Waals surface area contributed by atoms with Crippen molar-refractivity contribution in [3.63, 3.8) is 0 Å². The Morgan fingerprint density at radius 2 is 1.26 bits per heavy atom. The Kier molecular flexibility index (Phi) is 5.53. The minimum atomic E-state index is -2.73. The Bertz CT molecular complexity index is 835. The molecule has 0 saturated heterocycles. The van der Waals surface area contributed by atoms with Crippen LogP contribution in [-0.4, -0.2) is 13.3 Å². The Labute approximate surface area is 160 Å². The van der Waals surface area contributed by atoms with E-state index in [-0.39, 0.29) is 11.6 Å². The molecule has 0 amide bonds. The van der Waals surface area contributed by atoms with Crippen molar-refractivity contribution in [2.75, 3.05) is 0 Å². The lowest BCUT2D eigenvalue weighted by Crippen LogP contribution is -2.66. The summed E-state index contributed by atoms with van der Waals surface area (Å²) in [5.41, 5.74) is 0.438. The zero-order chi connectivity index (χ0) is 19.5. The molecule has 3 aromatic rings. The summed E-state index contributed by atoms with van der Waals surface area (Å²) in [6.07, 6.45) is 0. The van der Waals surface area contributed by atoms with Crippen molar-refractivity contribution >= 4 is 18.7 Å². The topological polar surface area (TPSA) is 22.1 Å². The van der Waals surface area contributed by atoms with E-state index >= 15 is 0 Å². The monoisotopic (exact) mass is 383 g/mol. The first-order valence-electron chi connectivity index (χ1n) is 8.90. The van der Waals surface area contributed by atoms with E-state index in [4.69, 9.17) is 4.43 Å². The maximum atomic E-state index is 13.5. The smallest absolute Gasteiger partial charge is 0.261 e. The maximum absolute atomic E-state index is 13.5. The molecule has 27 heavy (non-hydrogen) atoms. The van der Waals surface area contributed by atoms with E-state index in [2.05, 4.69) is 50.0 Å². The third kappa shape index (κ3) is 3.99. The number of nitrogens with zero attached hydrogens (tertiary/aromatic N) is 1. The standard InChI is InChI=1S/C22H23F2NOSi/c1-22(2,3)27(18-10-6-4-7-11-18,19-12-8-5-9-13-19)26-16-17-14-20(23)25-21(24)15-17/h4-15H,16H2,1-3H3. The molecule has 2 aromatic carbocycles. The molecule has 0 unspecified atom stereocenters. The van der Waals surface area contributed by atoms with Crippen LogP contribution < -0.4 is 10.4 Å². The summed E-state index contributed by atoms with van der Waals surface area (Å²) < 4.78 is 33.7. The second-order valence-electron chi connectivity index (χ2n) is 7.57. The van der Waals surface area contributed by atoms with Crippen LogP contribution in [0.5, 0.6) is 0 Å². The predicted octanol–water partition coefficient (Wildman–Crippen LogP) is 4.44. The molecule has 0 spiro atoms. The number of aromatic nitrogens is 1. The third-order valence-corrected chi connectivity index (χ3v) is 9.68. The Morgan fingerprint density at radius 3 is 1.67 bits per heavy atom. The van der Waals surface area contributed by atoms with E-state index in [1.54, 1.807) is 0 Å². The fourth-order valence-corrected chi connectivity index (χ4v) is 8.09. The van der Waals surface area contributed by atoms with Crippen LogP contribution in [0.2, 0.25) is 5.04 Å². The molecule has 0 fully saturated rings. The molecule has 3 rings (SSSR count). The fourth-order valence-electron chi connectivity index (χ4n) is 3.55. The van der Waals surface area contributed by atoms with Crippen molar-refractivity contribution in [3.05, 3.63) is 90.3 Å². The first-order chi connectivity index (χ1) is 12.8. The Hall–Kier alpha value is -2.37. The van der Waals surface area contributed by atoms with Crippen LogP contribution in [0, 0.1) is 11.9 Å². The van der Waals surface area contributed by atoms with Gasteiger partial charge in [0, 0.05) is 0 Å². The lowest BCUT2D eigenvalue weighted by Gasteiger charge is -2.43. The van der Waals surface area contributed by atoms with Gasteiger partial charge in [-0.05, 0) is 33.1 Å². The van der Waals surface area contributed by atoms with Crippen LogP contribution in [0.25, 0.3) is 0 Å². The summed E-state index contributed by atoms with van der Waals surface area (Å²) in [7, 11) is -2.73. The van der Waals surface area contributed by atoms with Gasteiger partial charge in [-0.15, -0.1) is 0 Å². The van der Waals surface area contributed by atoms with E-state index in [9.17, 15) is 8.78 Å². The average Bonchev–Trinajstić information content (AvgIpc) is 2.62. The average molecular weight is 384 g/mol. The SMILES string of the molecule is CC(C)(C)[Si](OCc1cc(F)nc(F)c1)(c1ccccc1)c1ccccc1. The number of pyridine rings is 1. The number of hydrogen-bond acceptors (Lipinski definition) is 2. The number of benzene rings is 2. The summed E-state index contributed by atoms with van der Waals surface area (Å²) in [5.74, 6) is -1.67. The van der Waals surface area contributed by atoms with Gasteiger partial charge < -0.3 is 4.43 Å². The van der Waals surface area contributed by atoms with Gasteiger partial charge in [0.25, 0.3) is 8.32 Å². The maximum Gasteiger partial charge on any atom is 0.261 e. The van der Waals surface area contributed by atoms with Gasteiger partial charge >= 0.3 is 0 Å². The molecule has 140 valence electrons. The molecule has 0 saturated carbocycles. The van der Waals surface area contributed by atoms with Gasteiger partial charge in [0.15, 0.2) is 0 Å². The predicted molar refractivity (Wildman–Crippen MR) is 107 cm³/mol. The van der Waals surface area contributed by atoms with Gasteiger partial charge in [0.2, 0.25) is 11.9 Å². The molecule has 0 atom stereocenters. The number of hydrogen-bond donors (Lipinski definition) is 0. The van der Waals surface area contributed by atoms with Crippen molar-refractivity contribution in [1.29, 1.82) is 0 Å². The van der Waals surface area contributed by atoms with Gasteiger partial charge in [-0.3, -0.25) is 0 Å². The molecule has 0 aliphatic rings. The van der Waals surface area contributed by atoms with Gasteiger partial charge in [-0.2, -0.15) is 13.8 Å². The molecule has 0 aliphatic carbocycles. The van der Waals surface area contributed by atoms with Gasteiger partial charge in [-0.25, -0.2) is 0 Å². The van der Waals surface area contributed by atoms with Crippen molar-refractivity contribution < 1.29 is 13.2 Å². The van der Waals surface area contributed by atoms with E-state index < -0.39 is 20.2 Å². The third-order valence-electron chi connectivity index (χ3n) is 4.69. The summed E-state index contributed by atoms with van der Waals surface area (Å²) in [4.78, 5) is 3.17. The fraction of sp³-hybridized carbons (Fsp3) is 0.227. The number of rotatable bonds is 5. The minimum absolute atomic E-state index is 0.115. The summed E-state index contributed by atoms with van der Waals surface area (Å²) in [5, 5.41) is 2.05. The first kappa shape index (κ1) is 19.4. The largest absolute Gasteiger partial charge is 0.403 e. The van der Waals surface area contributed by atoms with Crippen molar-refractivity contribution in [2.45, 2.75) is 32.4 Å². The van der Waals surface area contributed by atoms with E-state index in [1.807, 2.05) is 36.4 Å². The van der Waals surface area contributed by atoms with E-state index in [0.29, 0.717) is 5.56 Å². The highest BCUT2D eigenvalue weighted by Gasteiger charge is 2.50. The second kappa shape index (κ2) is 7.70. The molecule has 0 radical (unpaired) electrons. The van der Waals surface area contributed by atoms with Crippen LogP contribution in [0.4, 0.5) is 8.78 Å². The molecular weight excluding hydrogens is 360 g/mol. The van der Waals surface area contributed by atoms with Gasteiger partial charge in [-0.1, -0.05) is 81.4 Å². The van der Waals surface area contributed by atoms with Gasteiger partial charge in [0.05, 0.1) is 6.61 Å². The van der Waals surface area contributed by atoms with Crippen LogP contribution in [-0.2, 0) is 11.0 Å². The molecule has 5 heteroatoms. The zero-order valence-electron chi connectivity index (χ0n) is 15.7. The zero-order valence-corrected chi connectivity index (χ0v) is 16.7. The Morgan fingerprint density at radius 1 is 0.815 bits per heavy atom. The van der Waals surface area contributed by atoms with Crippen molar-refractivity contribution in [2.24, 2.45) is 0 Å². The molecule has 0 aliphatic heterocycles. The second-order valence-corrected chi connectivity index (χ2v) is 11.9. The number of halogens is 2. The molecular formula is C22H23F2NOSi. The Balaban J connectivity index is 2.11. The van der Waals surface area contributed by atoms with Crippen molar-refractivity contribution in [3.8, 4) is 0 Å². The molecule has 0 N–H and O–H groups in total. The molecule has 1 heterocycles. The highest BCUT2D eigenvalue weighted by Crippen LogP contribution is 2.37. The lowest BCUT2D eigenvalue weighted by molar-refractivity contribution is 0.284. The van der Waals surface area contributed by atoms with Crippen LogP contribution in [0.3, 0.4) is 0 Å². The van der Waals surface area contributed by atoms with Crippen molar-refractivity contribution in [1.82, 2.24) is 4.98 Å². The van der Waals surface area contributed by atoms with E-state index in [0.717, 1.165) is 10.4 Å². The first-order valence-corrected chi connectivity index (χ1v) is 10.8. The lowest BCUT2D eigenvalue weighted by atomic mass is 10.2. The normalized spacial score (nSPS) is 12.2. The summed E-state index contributed by atoms with van der Waals surface area (Å²) in [6.45, 7) is 6.59. The van der Waals surface area contributed by atoms with Gasteiger partial charge in [0.1, 0.15) is 0 Å². The van der Waals surface area contributed by atoms with E-state index in [1.165, 1.54) is 12.1 Å². The van der Waals surface area contributed by atoms with Crippen LogP contribution in [0.15, 0.2) is 72.8 Å². The molecule has 0 bridgehead atoms. The summed E-state index contributed by atoms with van der Waals surface area (Å²) in [6, 6.07) is 22.7. The quantitative estimate of drug-likeness (QED) is 0.480. The minimum Gasteiger partial charge on any atom is -0.403 e. The molecule has 1 aromatic heterocycles. The summed E-state index contributed by atoms with van der Waals surface area (Å²) >= 11 is 0.